The van der Waals surface area contributed by atoms with Crippen LogP contribution in [0.4, 0.5) is 0 Å². The Morgan fingerprint density at radius 2 is 2.05 bits per heavy atom. The third kappa shape index (κ3) is 3.88. The maximum Gasteiger partial charge on any atom is 0.287 e. The van der Waals surface area contributed by atoms with Crippen molar-refractivity contribution in [2.45, 2.75) is 25.8 Å². The number of aryl methyl sites for hydroxylation is 1. The van der Waals surface area contributed by atoms with Crippen molar-refractivity contribution in [1.82, 2.24) is 5.32 Å². The number of furan rings is 1. The Morgan fingerprint density at radius 3 is 2.68 bits per heavy atom. The zero-order valence-corrected chi connectivity index (χ0v) is 10.8. The molecule has 4 heteroatoms. The maximum absolute atomic E-state index is 11.7. The molecule has 0 saturated heterocycles. The third-order valence-electron chi connectivity index (χ3n) is 2.92. The molecule has 1 amide bonds. The van der Waals surface area contributed by atoms with Gasteiger partial charge in [0.1, 0.15) is 5.75 Å². The number of carbonyl (C=O) groups is 1. The molecule has 0 fully saturated rings. The monoisotopic (exact) mass is 259 g/mol. The Kier molecular flexibility index (Phi) is 4.23. The first-order valence-electron chi connectivity index (χ1n) is 6.27. The van der Waals surface area contributed by atoms with Crippen LogP contribution < -0.4 is 5.32 Å². The van der Waals surface area contributed by atoms with Crippen LogP contribution in [-0.4, -0.2) is 17.1 Å². The zero-order valence-electron chi connectivity index (χ0n) is 10.8. The third-order valence-corrected chi connectivity index (χ3v) is 2.92. The van der Waals surface area contributed by atoms with Crippen molar-refractivity contribution < 1.29 is 14.3 Å². The fourth-order valence-electron chi connectivity index (χ4n) is 1.82. The van der Waals surface area contributed by atoms with Gasteiger partial charge in [-0.25, -0.2) is 0 Å². The van der Waals surface area contributed by atoms with Gasteiger partial charge in [-0.05, 0) is 49.6 Å². The molecule has 1 unspecified atom stereocenters. The highest BCUT2D eigenvalue weighted by atomic mass is 16.3. The van der Waals surface area contributed by atoms with E-state index in [2.05, 4.69) is 5.32 Å². The number of phenols is 1. The molecule has 0 saturated carbocycles. The second kappa shape index (κ2) is 6.09. The SMILES string of the molecule is CC(CCc1ccc(O)cc1)NC(=O)c1ccco1. The molecule has 0 aliphatic carbocycles. The number of nitrogens with one attached hydrogen (secondary N) is 1. The van der Waals surface area contributed by atoms with E-state index in [0.29, 0.717) is 5.76 Å². The van der Waals surface area contributed by atoms with Crippen LogP contribution in [0.3, 0.4) is 0 Å². The van der Waals surface area contributed by atoms with Crippen molar-refractivity contribution in [2.24, 2.45) is 0 Å². The van der Waals surface area contributed by atoms with Gasteiger partial charge in [-0.1, -0.05) is 12.1 Å². The summed E-state index contributed by atoms with van der Waals surface area (Å²) >= 11 is 0. The Hall–Kier alpha value is -2.23. The summed E-state index contributed by atoms with van der Waals surface area (Å²) in [6, 6.07) is 10.5. The molecule has 4 nitrogen and oxygen atoms in total. The first kappa shape index (κ1) is 13.2. The summed E-state index contributed by atoms with van der Waals surface area (Å²) in [5.41, 5.74) is 1.14. The van der Waals surface area contributed by atoms with Crippen molar-refractivity contribution in [1.29, 1.82) is 0 Å². The predicted octanol–water partition coefficient (Wildman–Crippen LogP) is 2.74. The van der Waals surface area contributed by atoms with Crippen LogP contribution in [0.15, 0.2) is 47.1 Å². The van der Waals surface area contributed by atoms with E-state index in [1.807, 2.05) is 19.1 Å². The van der Waals surface area contributed by atoms with E-state index >= 15 is 0 Å². The fraction of sp³-hybridized carbons (Fsp3) is 0.267. The van der Waals surface area contributed by atoms with Crippen LogP contribution >= 0.6 is 0 Å². The highest BCUT2D eigenvalue weighted by molar-refractivity contribution is 5.91. The summed E-state index contributed by atoms with van der Waals surface area (Å²) in [5, 5.41) is 12.1. The molecular weight excluding hydrogens is 242 g/mol. The van der Waals surface area contributed by atoms with Crippen LogP contribution in [-0.2, 0) is 6.42 Å². The van der Waals surface area contributed by atoms with Gasteiger partial charge < -0.3 is 14.8 Å². The molecule has 0 bridgehead atoms. The summed E-state index contributed by atoms with van der Waals surface area (Å²) in [4.78, 5) is 11.7. The molecule has 0 aliphatic heterocycles. The summed E-state index contributed by atoms with van der Waals surface area (Å²) in [6.07, 6.45) is 3.16. The van der Waals surface area contributed by atoms with E-state index in [-0.39, 0.29) is 17.7 Å². The Balaban J connectivity index is 1.80. The van der Waals surface area contributed by atoms with Crippen molar-refractivity contribution >= 4 is 5.91 Å². The number of aromatic hydroxyl groups is 1. The number of amides is 1. The second-order valence-corrected chi connectivity index (χ2v) is 4.56. The largest absolute Gasteiger partial charge is 0.508 e. The number of phenolic OH excluding ortho intramolecular Hbond substituents is 1. The molecule has 1 heterocycles. The molecular formula is C15H17NO3. The minimum absolute atomic E-state index is 0.0615. The fourth-order valence-corrected chi connectivity index (χ4v) is 1.82. The number of benzene rings is 1. The summed E-state index contributed by atoms with van der Waals surface area (Å²) in [5.74, 6) is 0.405. The van der Waals surface area contributed by atoms with Crippen LogP contribution in [0, 0.1) is 0 Å². The molecule has 0 radical (unpaired) electrons. The molecule has 2 N–H and O–H groups in total. The minimum atomic E-state index is -0.191. The summed E-state index contributed by atoms with van der Waals surface area (Å²) in [6.45, 7) is 1.96. The van der Waals surface area contributed by atoms with Crippen LogP contribution in [0.1, 0.15) is 29.5 Å². The highest BCUT2D eigenvalue weighted by Gasteiger charge is 2.11. The molecule has 1 aromatic carbocycles. The van der Waals surface area contributed by atoms with Gasteiger partial charge >= 0.3 is 0 Å². The van der Waals surface area contributed by atoms with Crippen LogP contribution in [0.25, 0.3) is 0 Å². The average Bonchev–Trinajstić information content (AvgIpc) is 2.92. The minimum Gasteiger partial charge on any atom is -0.508 e. The van der Waals surface area contributed by atoms with Gasteiger partial charge in [0.2, 0.25) is 0 Å². The molecule has 2 rings (SSSR count). The van der Waals surface area contributed by atoms with E-state index in [1.54, 1.807) is 24.3 Å². The van der Waals surface area contributed by atoms with E-state index in [4.69, 9.17) is 4.42 Å². The van der Waals surface area contributed by atoms with Gasteiger partial charge in [-0.3, -0.25) is 4.79 Å². The Bertz CT molecular complexity index is 517. The van der Waals surface area contributed by atoms with Gasteiger partial charge in [0, 0.05) is 6.04 Å². The molecule has 100 valence electrons. The lowest BCUT2D eigenvalue weighted by Crippen LogP contribution is -2.32. The highest BCUT2D eigenvalue weighted by Crippen LogP contribution is 2.12. The van der Waals surface area contributed by atoms with Crippen molar-refractivity contribution in [3.8, 4) is 5.75 Å². The Morgan fingerprint density at radius 1 is 1.32 bits per heavy atom. The Labute approximate surface area is 112 Å². The molecule has 1 atom stereocenters. The summed E-state index contributed by atoms with van der Waals surface area (Å²) in [7, 11) is 0. The number of hydrogen-bond acceptors (Lipinski definition) is 3. The normalized spacial score (nSPS) is 12.1. The summed E-state index contributed by atoms with van der Waals surface area (Å²) < 4.78 is 5.03. The van der Waals surface area contributed by atoms with Gasteiger partial charge in [-0.15, -0.1) is 0 Å². The van der Waals surface area contributed by atoms with Gasteiger partial charge in [-0.2, -0.15) is 0 Å². The van der Waals surface area contributed by atoms with Crippen LogP contribution in [0.5, 0.6) is 5.75 Å². The second-order valence-electron chi connectivity index (χ2n) is 4.56. The first-order chi connectivity index (χ1) is 9.15. The molecule has 1 aromatic heterocycles. The van der Waals surface area contributed by atoms with Gasteiger partial charge in [0.15, 0.2) is 5.76 Å². The lowest BCUT2D eigenvalue weighted by molar-refractivity contribution is 0.0910. The van der Waals surface area contributed by atoms with Crippen molar-refractivity contribution in [2.75, 3.05) is 0 Å². The lowest BCUT2D eigenvalue weighted by atomic mass is 10.1. The van der Waals surface area contributed by atoms with E-state index in [0.717, 1.165) is 18.4 Å². The standard InChI is InChI=1S/C15H17NO3/c1-11(16-15(18)14-3-2-10-19-14)4-5-12-6-8-13(17)9-7-12/h2-3,6-11,17H,4-5H2,1H3,(H,16,18). The van der Waals surface area contributed by atoms with Gasteiger partial charge in [0.25, 0.3) is 5.91 Å². The van der Waals surface area contributed by atoms with E-state index in [1.165, 1.54) is 6.26 Å². The van der Waals surface area contributed by atoms with Crippen molar-refractivity contribution in [3.05, 3.63) is 54.0 Å². The lowest BCUT2D eigenvalue weighted by Gasteiger charge is -2.12. The molecule has 0 aliphatic rings. The maximum atomic E-state index is 11.7. The predicted molar refractivity (Wildman–Crippen MR) is 72.1 cm³/mol. The molecule has 19 heavy (non-hydrogen) atoms. The number of rotatable bonds is 5. The number of hydrogen-bond donors (Lipinski definition) is 2. The van der Waals surface area contributed by atoms with E-state index < -0.39 is 0 Å². The first-order valence-corrected chi connectivity index (χ1v) is 6.27. The quantitative estimate of drug-likeness (QED) is 0.867. The van der Waals surface area contributed by atoms with Gasteiger partial charge in [0.05, 0.1) is 6.26 Å². The topological polar surface area (TPSA) is 62.5 Å². The average molecular weight is 259 g/mol. The molecule has 0 spiro atoms. The van der Waals surface area contributed by atoms with Crippen molar-refractivity contribution in [3.63, 3.8) is 0 Å². The smallest absolute Gasteiger partial charge is 0.287 e. The number of carbonyl (C=O) groups excluding carboxylic acids is 1. The van der Waals surface area contributed by atoms with E-state index in [9.17, 15) is 9.90 Å². The zero-order chi connectivity index (χ0) is 13.7. The molecule has 2 aromatic rings. The van der Waals surface area contributed by atoms with Crippen LogP contribution in [0.2, 0.25) is 0 Å².